The van der Waals surface area contributed by atoms with Crippen LogP contribution in [0.25, 0.3) is 0 Å². The van der Waals surface area contributed by atoms with Gasteiger partial charge in [0.15, 0.2) is 5.78 Å². The summed E-state index contributed by atoms with van der Waals surface area (Å²) < 4.78 is 75.1. The summed E-state index contributed by atoms with van der Waals surface area (Å²) in [6.45, 7) is 4.46. The molecule has 0 spiro atoms. The smallest absolute Gasteiger partial charge is 0.432 e. The number of halogens is 3. The lowest BCUT2D eigenvalue weighted by Crippen LogP contribution is -2.50. The van der Waals surface area contributed by atoms with Gasteiger partial charge in [-0.05, 0) is 50.6 Å². The van der Waals surface area contributed by atoms with Crippen LogP contribution in [0.5, 0.6) is 5.75 Å². The number of rotatable bonds is 12. The van der Waals surface area contributed by atoms with Gasteiger partial charge in [0.05, 0.1) is 26.9 Å². The van der Waals surface area contributed by atoms with Crippen molar-refractivity contribution in [3.05, 3.63) is 59.7 Å². The number of ether oxygens (including phenoxy) is 2. The van der Waals surface area contributed by atoms with Crippen molar-refractivity contribution in [2.45, 2.75) is 38.3 Å². The van der Waals surface area contributed by atoms with Gasteiger partial charge in [-0.2, -0.15) is 13.2 Å². The molecular formula is C23H29F3NO7P. The van der Waals surface area contributed by atoms with E-state index >= 15 is 0 Å². The Morgan fingerprint density at radius 3 is 1.94 bits per heavy atom. The van der Waals surface area contributed by atoms with Crippen LogP contribution in [0.4, 0.5) is 18.9 Å². The highest BCUT2D eigenvalue weighted by Gasteiger charge is 2.62. The average molecular weight is 519 g/mol. The highest BCUT2D eigenvalue weighted by Crippen LogP contribution is 2.61. The lowest BCUT2D eigenvalue weighted by molar-refractivity contribution is -0.267. The number of alkyl halides is 3. The molecule has 0 amide bonds. The molecule has 0 aliphatic carbocycles. The summed E-state index contributed by atoms with van der Waals surface area (Å²) in [7, 11) is -2.30. The number of hydrogen-bond donors (Lipinski definition) is 2. The minimum atomic E-state index is -5.32. The number of methoxy groups -OCH3 is 1. The molecule has 194 valence electrons. The van der Waals surface area contributed by atoms with Crippen LogP contribution in [0.3, 0.4) is 0 Å². The maximum Gasteiger partial charge on any atom is 0.432 e. The van der Waals surface area contributed by atoms with Crippen molar-refractivity contribution >= 4 is 19.3 Å². The zero-order chi connectivity index (χ0) is 26.3. The second kappa shape index (κ2) is 11.9. The van der Waals surface area contributed by atoms with Crippen LogP contribution in [0.2, 0.25) is 0 Å². The predicted octanol–water partition coefficient (Wildman–Crippen LogP) is 5.39. The van der Waals surface area contributed by atoms with Crippen molar-refractivity contribution < 1.29 is 46.2 Å². The Balaban J connectivity index is 2.48. The molecule has 2 atom stereocenters. The Morgan fingerprint density at radius 1 is 0.971 bits per heavy atom. The van der Waals surface area contributed by atoms with Gasteiger partial charge in [-0.1, -0.05) is 24.3 Å². The molecule has 0 aromatic heterocycles. The van der Waals surface area contributed by atoms with Gasteiger partial charge in [0.2, 0.25) is 0 Å². The minimum absolute atomic E-state index is 0.0860. The van der Waals surface area contributed by atoms with E-state index in [0.29, 0.717) is 11.3 Å². The molecule has 0 fully saturated rings. The molecule has 8 nitrogen and oxygen atoms in total. The van der Waals surface area contributed by atoms with Crippen molar-refractivity contribution in [2.24, 2.45) is 0 Å². The first-order valence-corrected chi connectivity index (χ1v) is 12.4. The number of hydrogen-bond acceptors (Lipinski definition) is 8. The summed E-state index contributed by atoms with van der Waals surface area (Å²) in [5.41, 5.74) is -3.82. The largest absolute Gasteiger partial charge is 0.497 e. The SMILES string of the molecule is CCOC(=O)[C@](O)(c1ccc(N[C@H](c2ccc(OC)cc2)P(=O)(OCC)OCC)cc1)C(F)(F)F. The first-order valence-electron chi connectivity index (χ1n) is 10.8. The van der Waals surface area contributed by atoms with Crippen LogP contribution >= 0.6 is 7.60 Å². The number of nitrogens with one attached hydrogen (secondary N) is 1. The third kappa shape index (κ3) is 6.35. The number of carbonyl (C=O) groups excluding carboxylic acids is 1. The van der Waals surface area contributed by atoms with Gasteiger partial charge in [-0.25, -0.2) is 4.79 Å². The van der Waals surface area contributed by atoms with Gasteiger partial charge in [0.25, 0.3) is 5.60 Å². The number of esters is 1. The first-order chi connectivity index (χ1) is 16.5. The Bertz CT molecular complexity index is 1010. The van der Waals surface area contributed by atoms with E-state index < -0.39 is 36.7 Å². The third-order valence-electron chi connectivity index (χ3n) is 4.95. The molecule has 0 radical (unpaired) electrons. The normalized spacial score (nSPS) is 14.6. The van der Waals surface area contributed by atoms with Gasteiger partial charge in [-0.3, -0.25) is 4.57 Å². The molecular weight excluding hydrogens is 490 g/mol. The highest BCUT2D eigenvalue weighted by molar-refractivity contribution is 7.54. The van der Waals surface area contributed by atoms with Crippen LogP contribution in [-0.2, 0) is 28.7 Å². The van der Waals surface area contributed by atoms with Crippen molar-refractivity contribution in [3.63, 3.8) is 0 Å². The molecule has 0 bridgehead atoms. The summed E-state index contributed by atoms with van der Waals surface area (Å²) in [5.74, 6) is -2.29. The van der Waals surface area contributed by atoms with E-state index in [0.717, 1.165) is 12.1 Å². The van der Waals surface area contributed by atoms with E-state index in [2.05, 4.69) is 10.1 Å². The van der Waals surface area contributed by atoms with E-state index in [1.54, 1.807) is 38.1 Å². The van der Waals surface area contributed by atoms with Crippen molar-refractivity contribution in [1.29, 1.82) is 0 Å². The van der Waals surface area contributed by atoms with E-state index in [1.807, 2.05) is 0 Å². The first kappa shape index (κ1) is 28.6. The summed E-state index contributed by atoms with van der Waals surface area (Å²) in [6, 6.07) is 10.9. The lowest BCUT2D eigenvalue weighted by atomic mass is 9.93. The van der Waals surface area contributed by atoms with Crippen LogP contribution in [-0.4, -0.2) is 44.2 Å². The monoisotopic (exact) mass is 519 g/mol. The molecule has 2 N–H and O–H groups in total. The van der Waals surface area contributed by atoms with E-state index in [-0.39, 0.29) is 25.5 Å². The van der Waals surface area contributed by atoms with Crippen LogP contribution in [0.15, 0.2) is 48.5 Å². The predicted molar refractivity (Wildman–Crippen MR) is 123 cm³/mol. The fourth-order valence-electron chi connectivity index (χ4n) is 3.28. The molecule has 0 saturated heterocycles. The lowest BCUT2D eigenvalue weighted by Gasteiger charge is -2.30. The van der Waals surface area contributed by atoms with Gasteiger partial charge in [0.1, 0.15) is 5.75 Å². The van der Waals surface area contributed by atoms with Gasteiger partial charge in [-0.15, -0.1) is 0 Å². The molecule has 0 heterocycles. The standard InChI is InChI=1S/C23H29F3NO7P/c1-5-32-21(28)22(29,23(24,25)26)17-10-12-18(13-11-17)27-20(35(30,33-6-2)34-7-3)16-8-14-19(31-4)15-9-16/h8-15,20,27,29H,5-7H2,1-4H3/t20-,22+/m0/s1. The Hall–Kier alpha value is -2.59. The topological polar surface area (TPSA) is 103 Å². The summed E-state index contributed by atoms with van der Waals surface area (Å²) >= 11 is 0. The Kier molecular flexibility index (Phi) is 9.74. The number of benzene rings is 2. The van der Waals surface area contributed by atoms with Gasteiger partial charge >= 0.3 is 19.7 Å². The molecule has 35 heavy (non-hydrogen) atoms. The molecule has 0 aliphatic heterocycles. The van der Waals surface area contributed by atoms with Gasteiger partial charge < -0.3 is 28.9 Å². The Morgan fingerprint density at radius 2 is 1.51 bits per heavy atom. The molecule has 0 unspecified atom stereocenters. The molecule has 2 aromatic carbocycles. The van der Waals surface area contributed by atoms with E-state index in [1.165, 1.54) is 26.2 Å². The summed E-state index contributed by atoms with van der Waals surface area (Å²) in [4.78, 5) is 12.0. The fraction of sp³-hybridized carbons (Fsp3) is 0.435. The zero-order valence-corrected chi connectivity index (χ0v) is 20.7. The zero-order valence-electron chi connectivity index (χ0n) is 19.8. The van der Waals surface area contributed by atoms with Crippen LogP contribution < -0.4 is 10.1 Å². The maximum atomic E-state index is 13.6. The maximum absolute atomic E-state index is 13.6. The molecule has 2 rings (SSSR count). The molecule has 0 saturated carbocycles. The Labute approximate surface area is 201 Å². The second-order valence-corrected chi connectivity index (χ2v) is 9.31. The van der Waals surface area contributed by atoms with E-state index in [9.17, 15) is 27.6 Å². The fourth-order valence-corrected chi connectivity index (χ4v) is 5.21. The number of aliphatic hydroxyl groups is 1. The van der Waals surface area contributed by atoms with Crippen molar-refractivity contribution in [2.75, 3.05) is 32.2 Å². The third-order valence-corrected chi connectivity index (χ3v) is 7.25. The molecule has 2 aromatic rings. The summed E-state index contributed by atoms with van der Waals surface area (Å²) in [6.07, 6.45) is -5.32. The minimum Gasteiger partial charge on any atom is -0.497 e. The highest BCUT2D eigenvalue weighted by atomic mass is 31.2. The van der Waals surface area contributed by atoms with E-state index in [4.69, 9.17) is 13.8 Å². The van der Waals surface area contributed by atoms with Gasteiger partial charge in [0, 0.05) is 11.3 Å². The van der Waals surface area contributed by atoms with Crippen LogP contribution in [0, 0.1) is 0 Å². The van der Waals surface area contributed by atoms with Crippen LogP contribution in [0.1, 0.15) is 37.7 Å². The van der Waals surface area contributed by atoms with Crippen molar-refractivity contribution in [1.82, 2.24) is 0 Å². The van der Waals surface area contributed by atoms with Crippen molar-refractivity contribution in [3.8, 4) is 5.75 Å². The molecule has 0 aliphatic rings. The number of carbonyl (C=O) groups is 1. The number of anilines is 1. The molecule has 12 heteroatoms. The summed E-state index contributed by atoms with van der Waals surface area (Å²) in [5, 5.41) is 13.3. The quantitative estimate of drug-likeness (QED) is 0.285. The second-order valence-electron chi connectivity index (χ2n) is 7.20. The average Bonchev–Trinajstić information content (AvgIpc) is 2.82.